The summed E-state index contributed by atoms with van der Waals surface area (Å²) in [5.41, 5.74) is 0. The molecule has 0 fully saturated rings. The highest BCUT2D eigenvalue weighted by Crippen LogP contribution is 2.13. The molecule has 0 N–H and O–H groups in total. The molecule has 0 saturated carbocycles. The van der Waals surface area contributed by atoms with Crippen LogP contribution in [0.5, 0.6) is 0 Å². The molecule has 0 radical (unpaired) electrons. The summed E-state index contributed by atoms with van der Waals surface area (Å²) in [5.74, 6) is -0.989. The first-order chi connectivity index (χ1) is 18.9. The molecule has 0 amide bonds. The molecule has 0 bridgehead atoms. The number of carbonyl (C=O) groups excluding carboxylic acids is 3. The molecule has 0 atom stereocenters. The molecular weight excluding hydrogens is 492 g/mol. The lowest BCUT2D eigenvalue weighted by Gasteiger charge is -2.04. The molecule has 0 saturated heterocycles. The lowest BCUT2D eigenvalue weighted by molar-refractivity contribution is -0.138. The molecule has 0 rings (SSSR count). The molecule has 0 heterocycles. The third-order valence-corrected chi connectivity index (χ3v) is 5.77. The standard InChI is InChI=1S/C21H40O2.C7H12O2.C5H8O2/c1-3-5-6-7-8-9-10-11-12-13-14-15-16-17-18-19-20-23-21(22)4-2;1-3-5-6-9-7(8)4-2;1-3-5(6)7-4-2/h4H,2-3,5-20H2,1H3;4H,2-3,5-6H2,1H3;3H,1,4H2,2H3. The van der Waals surface area contributed by atoms with Gasteiger partial charge in [0.25, 0.3) is 0 Å². The zero-order chi connectivity index (χ0) is 29.8. The summed E-state index contributed by atoms with van der Waals surface area (Å²) < 4.78 is 14.1. The second-order valence-corrected chi connectivity index (χ2v) is 9.36. The van der Waals surface area contributed by atoms with Gasteiger partial charge >= 0.3 is 17.9 Å². The van der Waals surface area contributed by atoms with Gasteiger partial charge < -0.3 is 14.2 Å². The molecule has 6 heteroatoms. The van der Waals surface area contributed by atoms with Gasteiger partial charge in [-0.05, 0) is 19.8 Å². The van der Waals surface area contributed by atoms with Gasteiger partial charge in [-0.15, -0.1) is 0 Å². The SMILES string of the molecule is C=CC(=O)OCC.C=CC(=O)OCCCC.C=CC(=O)OCCCCCCCCCCCCCCCCCC. The van der Waals surface area contributed by atoms with Crippen molar-refractivity contribution in [3.05, 3.63) is 38.0 Å². The van der Waals surface area contributed by atoms with Crippen LogP contribution in [0.25, 0.3) is 0 Å². The van der Waals surface area contributed by atoms with Crippen LogP contribution >= 0.6 is 0 Å². The molecule has 0 aromatic rings. The van der Waals surface area contributed by atoms with Crippen molar-refractivity contribution in [2.75, 3.05) is 19.8 Å². The maximum Gasteiger partial charge on any atom is 0.330 e. The number of unbranched alkanes of at least 4 members (excludes halogenated alkanes) is 16. The summed E-state index contributed by atoms with van der Waals surface area (Å²) in [6.07, 6.45) is 27.3. The first kappa shape index (κ1) is 41.1. The molecule has 6 nitrogen and oxygen atoms in total. The Labute approximate surface area is 240 Å². The van der Waals surface area contributed by atoms with Gasteiger partial charge in [-0.3, -0.25) is 0 Å². The maximum absolute atomic E-state index is 10.8. The predicted molar refractivity (Wildman–Crippen MR) is 164 cm³/mol. The van der Waals surface area contributed by atoms with E-state index in [-0.39, 0.29) is 17.9 Å². The first-order valence-corrected chi connectivity index (χ1v) is 15.3. The number of ether oxygens (including phenoxy) is 3. The van der Waals surface area contributed by atoms with Crippen molar-refractivity contribution >= 4 is 17.9 Å². The van der Waals surface area contributed by atoms with Gasteiger partial charge in [0.05, 0.1) is 19.8 Å². The van der Waals surface area contributed by atoms with Crippen LogP contribution in [0.1, 0.15) is 136 Å². The smallest absolute Gasteiger partial charge is 0.330 e. The summed E-state index contributed by atoms with van der Waals surface area (Å²) in [4.78, 5) is 31.2. The molecule has 0 aromatic carbocycles. The second-order valence-electron chi connectivity index (χ2n) is 9.36. The zero-order valence-electron chi connectivity index (χ0n) is 25.7. The predicted octanol–water partition coefficient (Wildman–Crippen LogP) is 9.23. The Morgan fingerprint density at radius 3 is 1.00 bits per heavy atom. The highest BCUT2D eigenvalue weighted by atomic mass is 16.5. The molecule has 0 aliphatic rings. The van der Waals surface area contributed by atoms with Crippen molar-refractivity contribution in [1.29, 1.82) is 0 Å². The number of esters is 3. The van der Waals surface area contributed by atoms with Gasteiger partial charge in [0.2, 0.25) is 0 Å². The van der Waals surface area contributed by atoms with Crippen LogP contribution in [0.2, 0.25) is 0 Å². The summed E-state index contributed by atoms with van der Waals surface area (Å²) >= 11 is 0. The Kier molecular flexibility index (Phi) is 39.8. The highest BCUT2D eigenvalue weighted by Gasteiger charge is 1.97. The Morgan fingerprint density at radius 1 is 0.436 bits per heavy atom. The van der Waals surface area contributed by atoms with Crippen molar-refractivity contribution in [3.63, 3.8) is 0 Å². The van der Waals surface area contributed by atoms with E-state index in [9.17, 15) is 14.4 Å². The number of hydrogen-bond donors (Lipinski definition) is 0. The summed E-state index contributed by atoms with van der Waals surface area (Å²) in [7, 11) is 0. The third-order valence-electron chi connectivity index (χ3n) is 5.77. The molecule has 0 aliphatic carbocycles. The molecule has 0 aromatic heterocycles. The van der Waals surface area contributed by atoms with Crippen molar-refractivity contribution < 1.29 is 28.6 Å². The number of carbonyl (C=O) groups is 3. The van der Waals surface area contributed by atoms with Crippen molar-refractivity contribution in [1.82, 2.24) is 0 Å². The molecule has 0 spiro atoms. The van der Waals surface area contributed by atoms with E-state index in [1.807, 2.05) is 6.92 Å². The van der Waals surface area contributed by atoms with Crippen LogP contribution in [0, 0.1) is 0 Å². The van der Waals surface area contributed by atoms with Crippen LogP contribution < -0.4 is 0 Å². The van der Waals surface area contributed by atoms with Gasteiger partial charge in [-0.1, -0.05) is 136 Å². The molecule has 0 aliphatic heterocycles. The lowest BCUT2D eigenvalue weighted by Crippen LogP contribution is -2.01. The van der Waals surface area contributed by atoms with E-state index in [0.29, 0.717) is 19.8 Å². The van der Waals surface area contributed by atoms with Crippen molar-refractivity contribution in [3.8, 4) is 0 Å². The fraction of sp³-hybridized carbons (Fsp3) is 0.727. The van der Waals surface area contributed by atoms with Crippen LogP contribution in [0.4, 0.5) is 0 Å². The normalized spacial score (nSPS) is 9.62. The maximum atomic E-state index is 10.8. The fourth-order valence-electron chi connectivity index (χ4n) is 3.46. The van der Waals surface area contributed by atoms with Gasteiger partial charge in [0.1, 0.15) is 0 Å². The fourth-order valence-corrected chi connectivity index (χ4v) is 3.46. The largest absolute Gasteiger partial charge is 0.463 e. The minimum Gasteiger partial charge on any atom is -0.463 e. The Balaban J connectivity index is -0.000000658. The molecule has 0 unspecified atom stereocenters. The van der Waals surface area contributed by atoms with E-state index >= 15 is 0 Å². The molecule has 228 valence electrons. The van der Waals surface area contributed by atoms with Gasteiger partial charge in [0, 0.05) is 18.2 Å². The van der Waals surface area contributed by atoms with E-state index in [1.54, 1.807) is 6.92 Å². The Morgan fingerprint density at radius 2 is 0.718 bits per heavy atom. The van der Waals surface area contributed by atoms with E-state index in [1.165, 1.54) is 108 Å². The van der Waals surface area contributed by atoms with Crippen LogP contribution in [-0.2, 0) is 28.6 Å². The minimum atomic E-state index is -0.359. The van der Waals surface area contributed by atoms with E-state index in [2.05, 4.69) is 36.1 Å². The third kappa shape index (κ3) is 43.0. The summed E-state index contributed by atoms with van der Waals surface area (Å²) in [6.45, 7) is 17.4. The second kappa shape index (κ2) is 37.8. The van der Waals surface area contributed by atoms with E-state index < -0.39 is 0 Å². The highest BCUT2D eigenvalue weighted by molar-refractivity contribution is 5.81. The van der Waals surface area contributed by atoms with Crippen LogP contribution in [0.3, 0.4) is 0 Å². The zero-order valence-corrected chi connectivity index (χ0v) is 25.7. The van der Waals surface area contributed by atoms with E-state index in [4.69, 9.17) is 4.74 Å². The summed E-state index contributed by atoms with van der Waals surface area (Å²) in [6, 6.07) is 0. The topological polar surface area (TPSA) is 78.9 Å². The quantitative estimate of drug-likeness (QED) is 0.0514. The van der Waals surface area contributed by atoms with Crippen LogP contribution in [0.15, 0.2) is 38.0 Å². The lowest BCUT2D eigenvalue weighted by atomic mass is 10.0. The Hall–Kier alpha value is -2.37. The van der Waals surface area contributed by atoms with Crippen molar-refractivity contribution in [2.45, 2.75) is 136 Å². The molecular formula is C33H60O6. The van der Waals surface area contributed by atoms with Gasteiger partial charge in [-0.2, -0.15) is 0 Å². The van der Waals surface area contributed by atoms with Gasteiger partial charge in [-0.25, -0.2) is 14.4 Å². The Bertz CT molecular complexity index is 585. The number of rotatable bonds is 24. The summed E-state index contributed by atoms with van der Waals surface area (Å²) in [5, 5.41) is 0. The average Bonchev–Trinajstić information content (AvgIpc) is 2.95. The van der Waals surface area contributed by atoms with E-state index in [0.717, 1.165) is 25.3 Å². The average molecular weight is 553 g/mol. The van der Waals surface area contributed by atoms with Gasteiger partial charge in [0.15, 0.2) is 0 Å². The first-order valence-electron chi connectivity index (χ1n) is 15.3. The monoisotopic (exact) mass is 552 g/mol. The number of hydrogen-bond acceptors (Lipinski definition) is 6. The molecule has 39 heavy (non-hydrogen) atoms. The van der Waals surface area contributed by atoms with Crippen molar-refractivity contribution in [2.24, 2.45) is 0 Å². The minimum absolute atomic E-state index is 0.300. The van der Waals surface area contributed by atoms with Crippen LogP contribution in [-0.4, -0.2) is 37.7 Å².